The predicted octanol–water partition coefficient (Wildman–Crippen LogP) is 7.93. The van der Waals surface area contributed by atoms with Crippen molar-refractivity contribution in [3.8, 4) is 16.9 Å². The molecule has 3 aromatic rings. The van der Waals surface area contributed by atoms with E-state index in [-0.39, 0.29) is 30.4 Å². The molecule has 0 N–H and O–H groups in total. The van der Waals surface area contributed by atoms with Gasteiger partial charge in [0.05, 0.1) is 13.2 Å². The van der Waals surface area contributed by atoms with Gasteiger partial charge in [-0.2, -0.15) is 0 Å². The van der Waals surface area contributed by atoms with Gasteiger partial charge in [-0.15, -0.1) is 0 Å². The summed E-state index contributed by atoms with van der Waals surface area (Å²) >= 11 is 5.37. The fourth-order valence-electron chi connectivity index (χ4n) is 4.14. The normalized spacial score (nSPS) is 17.2. The van der Waals surface area contributed by atoms with Crippen molar-refractivity contribution < 1.29 is 45.7 Å². The summed E-state index contributed by atoms with van der Waals surface area (Å²) in [5.41, 5.74) is -1.09. The van der Waals surface area contributed by atoms with Crippen LogP contribution >= 0.6 is 11.6 Å². The second-order valence-electron chi connectivity index (χ2n) is 9.20. The lowest BCUT2D eigenvalue weighted by atomic mass is 10.0. The Morgan fingerprint density at radius 3 is 2.12 bits per heavy atom. The summed E-state index contributed by atoms with van der Waals surface area (Å²) in [4.78, 5) is 12.3. The van der Waals surface area contributed by atoms with Gasteiger partial charge in [0.25, 0.3) is 0 Å². The van der Waals surface area contributed by atoms with E-state index in [0.717, 1.165) is 43.9 Å². The summed E-state index contributed by atoms with van der Waals surface area (Å²) in [6.45, 7) is 3.27. The predicted molar refractivity (Wildman–Crippen MR) is 137 cm³/mol. The molecule has 0 bridgehead atoms. The van der Waals surface area contributed by atoms with Gasteiger partial charge in [-0.05, 0) is 30.2 Å². The Balaban J connectivity index is 1.42. The van der Waals surface area contributed by atoms with Crippen LogP contribution < -0.4 is 4.74 Å². The largest absolute Gasteiger partial charge is 0.423 e. The van der Waals surface area contributed by atoms with Crippen LogP contribution in [0.25, 0.3) is 11.1 Å². The van der Waals surface area contributed by atoms with E-state index >= 15 is 0 Å². The molecule has 0 spiro atoms. The van der Waals surface area contributed by atoms with Gasteiger partial charge in [-0.3, -0.25) is 0 Å². The summed E-state index contributed by atoms with van der Waals surface area (Å²) in [5, 5.41) is -0.831. The molecule has 0 unspecified atom stereocenters. The van der Waals surface area contributed by atoms with Crippen molar-refractivity contribution in [3.05, 3.63) is 87.7 Å². The number of ether oxygens (including phenoxy) is 4. The lowest BCUT2D eigenvalue weighted by Crippen LogP contribution is -2.33. The van der Waals surface area contributed by atoms with Crippen LogP contribution in [0.4, 0.5) is 22.0 Å². The van der Waals surface area contributed by atoms with Crippen molar-refractivity contribution in [3.63, 3.8) is 0 Å². The van der Waals surface area contributed by atoms with Gasteiger partial charge in [-0.25, -0.2) is 26.7 Å². The summed E-state index contributed by atoms with van der Waals surface area (Å²) < 4.78 is 93.5. The highest BCUT2D eigenvalue weighted by molar-refractivity contribution is 6.30. The Labute approximate surface area is 232 Å². The third-order valence-corrected chi connectivity index (χ3v) is 6.57. The van der Waals surface area contributed by atoms with E-state index in [4.69, 9.17) is 30.5 Å². The Kier molecular flexibility index (Phi) is 10.1. The number of benzene rings is 3. The van der Waals surface area contributed by atoms with E-state index in [0.29, 0.717) is 24.3 Å². The number of unbranched alkanes of at least 4 members (excludes halogenated alkanes) is 3. The van der Waals surface area contributed by atoms with E-state index in [1.807, 2.05) is 0 Å². The number of hydrogen-bond donors (Lipinski definition) is 0. The van der Waals surface area contributed by atoms with Gasteiger partial charge in [0.2, 0.25) is 0 Å². The van der Waals surface area contributed by atoms with E-state index in [2.05, 4.69) is 6.92 Å². The van der Waals surface area contributed by atoms with Gasteiger partial charge in [-0.1, -0.05) is 49.9 Å². The maximum atomic E-state index is 15.0. The summed E-state index contributed by atoms with van der Waals surface area (Å²) in [7, 11) is 0. The molecule has 1 aliphatic heterocycles. The number of carbonyl (C=O) groups excluding carboxylic acids is 1. The molecule has 0 saturated carbocycles. The minimum Gasteiger partial charge on any atom is -0.423 e. The first-order chi connectivity index (χ1) is 19.2. The van der Waals surface area contributed by atoms with Gasteiger partial charge in [0.1, 0.15) is 51.5 Å². The highest BCUT2D eigenvalue weighted by Gasteiger charge is 2.26. The van der Waals surface area contributed by atoms with Gasteiger partial charge < -0.3 is 18.9 Å². The molecule has 11 heteroatoms. The smallest absolute Gasteiger partial charge is 0.349 e. The molecule has 0 aromatic heterocycles. The average molecular weight is 585 g/mol. The maximum Gasteiger partial charge on any atom is 0.349 e. The zero-order chi connectivity index (χ0) is 28.8. The molecule has 5 nitrogen and oxygen atoms in total. The highest BCUT2D eigenvalue weighted by Crippen LogP contribution is 2.32. The number of halogens is 6. The topological polar surface area (TPSA) is 54.0 Å². The van der Waals surface area contributed by atoms with Crippen LogP contribution in [0, 0.1) is 29.1 Å². The monoisotopic (exact) mass is 584 g/mol. The minimum atomic E-state index is -1.55. The average Bonchev–Trinajstić information content (AvgIpc) is 2.91. The molecule has 1 fully saturated rings. The van der Waals surface area contributed by atoms with Crippen molar-refractivity contribution in [2.45, 2.75) is 45.0 Å². The molecule has 1 aliphatic rings. The van der Waals surface area contributed by atoms with E-state index in [9.17, 15) is 26.7 Å². The van der Waals surface area contributed by atoms with E-state index in [1.165, 1.54) is 12.1 Å². The van der Waals surface area contributed by atoms with Crippen LogP contribution in [-0.4, -0.2) is 31.9 Å². The van der Waals surface area contributed by atoms with Gasteiger partial charge in [0, 0.05) is 29.9 Å². The second kappa shape index (κ2) is 13.5. The SMILES string of the molecule is CCCCCCOC1COC(c2ccc(-c3cc(F)c(C(=O)Oc4cc(F)c(Cl)c(F)c4)c(F)c3)c(F)c2)OC1. The van der Waals surface area contributed by atoms with Crippen molar-refractivity contribution in [2.75, 3.05) is 19.8 Å². The Hall–Kier alpha value is -3.05. The summed E-state index contributed by atoms with van der Waals surface area (Å²) in [6, 6.07) is 6.61. The Morgan fingerprint density at radius 1 is 0.875 bits per heavy atom. The zero-order valence-corrected chi connectivity index (χ0v) is 22.2. The van der Waals surface area contributed by atoms with Crippen LogP contribution in [0.15, 0.2) is 42.5 Å². The fourth-order valence-corrected chi connectivity index (χ4v) is 4.25. The lowest BCUT2D eigenvalue weighted by Gasteiger charge is -2.29. The fraction of sp³-hybridized carbons (Fsp3) is 0.345. The molecule has 0 amide bonds. The molecule has 4 rings (SSSR count). The number of hydrogen-bond acceptors (Lipinski definition) is 5. The van der Waals surface area contributed by atoms with Crippen molar-refractivity contribution in [1.82, 2.24) is 0 Å². The quantitative estimate of drug-likeness (QED) is 0.0796. The third-order valence-electron chi connectivity index (χ3n) is 6.21. The Morgan fingerprint density at radius 2 is 1.52 bits per heavy atom. The second-order valence-corrected chi connectivity index (χ2v) is 9.57. The van der Waals surface area contributed by atoms with Crippen LogP contribution in [-0.2, 0) is 14.2 Å². The number of esters is 1. The van der Waals surface area contributed by atoms with Gasteiger partial charge in [0.15, 0.2) is 6.29 Å². The lowest BCUT2D eigenvalue weighted by molar-refractivity contribution is -0.230. The van der Waals surface area contributed by atoms with E-state index < -0.39 is 57.7 Å². The van der Waals surface area contributed by atoms with Crippen LogP contribution in [0.3, 0.4) is 0 Å². The standard InChI is InChI=1S/C29H26ClF5O5/c1-2-3-4-5-8-37-19-14-38-29(39-15-19)16-6-7-20(21(31)9-16)17-10-22(32)26(23(33)11-17)28(36)40-18-12-24(34)27(30)25(35)13-18/h6-7,9-13,19,29H,2-5,8,14-15H2,1H3. The molecule has 0 atom stereocenters. The minimum absolute atomic E-state index is 0.146. The first-order valence-corrected chi connectivity index (χ1v) is 13.1. The zero-order valence-electron chi connectivity index (χ0n) is 21.5. The number of carbonyl (C=O) groups is 1. The van der Waals surface area contributed by atoms with Crippen molar-refractivity contribution >= 4 is 17.6 Å². The molecule has 0 aliphatic carbocycles. The number of rotatable bonds is 10. The molecule has 40 heavy (non-hydrogen) atoms. The van der Waals surface area contributed by atoms with Crippen LogP contribution in [0.1, 0.15) is 54.8 Å². The first-order valence-electron chi connectivity index (χ1n) is 12.7. The maximum absolute atomic E-state index is 15.0. The summed E-state index contributed by atoms with van der Waals surface area (Å²) in [6.07, 6.45) is 3.26. The molecule has 3 aromatic carbocycles. The highest BCUT2D eigenvalue weighted by atomic mass is 35.5. The molecule has 0 radical (unpaired) electrons. The van der Waals surface area contributed by atoms with Crippen molar-refractivity contribution in [2.24, 2.45) is 0 Å². The van der Waals surface area contributed by atoms with E-state index in [1.54, 1.807) is 0 Å². The van der Waals surface area contributed by atoms with Crippen LogP contribution in [0.5, 0.6) is 5.75 Å². The molecule has 214 valence electrons. The summed E-state index contributed by atoms with van der Waals surface area (Å²) in [5.74, 6) is -8.18. The molecular formula is C29H26ClF5O5. The first kappa shape index (κ1) is 29.9. The molecule has 1 saturated heterocycles. The van der Waals surface area contributed by atoms with Crippen molar-refractivity contribution in [1.29, 1.82) is 0 Å². The van der Waals surface area contributed by atoms with Gasteiger partial charge >= 0.3 is 5.97 Å². The third kappa shape index (κ3) is 7.17. The molecular weight excluding hydrogens is 559 g/mol. The Bertz CT molecular complexity index is 1310. The molecule has 1 heterocycles. The van der Waals surface area contributed by atoms with Crippen LogP contribution in [0.2, 0.25) is 5.02 Å².